The largest absolute Gasteiger partial charge is 0.300 e. The summed E-state index contributed by atoms with van der Waals surface area (Å²) in [5.74, 6) is 0.871. The van der Waals surface area contributed by atoms with Crippen molar-refractivity contribution in [1.82, 2.24) is 0 Å². The van der Waals surface area contributed by atoms with Gasteiger partial charge >= 0.3 is 0 Å². The van der Waals surface area contributed by atoms with E-state index in [1.165, 1.54) is 16.3 Å². The Morgan fingerprint density at radius 3 is 2.65 bits per heavy atom. The standard InChI is InChI=1S/C16H16O/c17-16-7-3-6-14(11-16)15-9-8-12-4-1-2-5-13(12)10-15/h1-2,4-5,8-10,14H,3,6-7,11H2/t14-/m0/s1. The highest BCUT2D eigenvalue weighted by Crippen LogP contribution is 2.32. The third kappa shape index (κ3) is 2.10. The summed E-state index contributed by atoms with van der Waals surface area (Å²) in [4.78, 5) is 11.5. The van der Waals surface area contributed by atoms with Gasteiger partial charge in [-0.05, 0) is 35.1 Å². The first kappa shape index (κ1) is 10.5. The number of hydrogen-bond acceptors (Lipinski definition) is 1. The highest BCUT2D eigenvalue weighted by Gasteiger charge is 2.20. The molecule has 3 rings (SSSR count). The fourth-order valence-electron chi connectivity index (χ4n) is 2.77. The number of carbonyl (C=O) groups excluding carboxylic acids is 1. The van der Waals surface area contributed by atoms with E-state index in [0.29, 0.717) is 11.7 Å². The normalized spacial score (nSPS) is 20.7. The molecule has 0 amide bonds. The van der Waals surface area contributed by atoms with Crippen molar-refractivity contribution in [3.63, 3.8) is 0 Å². The minimum Gasteiger partial charge on any atom is -0.300 e. The van der Waals surface area contributed by atoms with Gasteiger partial charge in [0, 0.05) is 12.8 Å². The molecule has 86 valence electrons. The molecular weight excluding hydrogens is 208 g/mol. The van der Waals surface area contributed by atoms with E-state index < -0.39 is 0 Å². The second kappa shape index (κ2) is 4.33. The quantitative estimate of drug-likeness (QED) is 0.713. The minimum atomic E-state index is 0.425. The lowest BCUT2D eigenvalue weighted by Gasteiger charge is -2.21. The van der Waals surface area contributed by atoms with Crippen LogP contribution in [0.25, 0.3) is 10.8 Å². The maximum absolute atomic E-state index is 11.5. The van der Waals surface area contributed by atoms with Crippen LogP contribution in [0.1, 0.15) is 37.2 Å². The summed E-state index contributed by atoms with van der Waals surface area (Å²) in [5.41, 5.74) is 1.33. The molecule has 1 saturated carbocycles. The summed E-state index contributed by atoms with van der Waals surface area (Å²) >= 11 is 0. The molecule has 0 spiro atoms. The second-order valence-electron chi connectivity index (χ2n) is 4.94. The van der Waals surface area contributed by atoms with Gasteiger partial charge in [-0.15, -0.1) is 0 Å². The number of hydrogen-bond donors (Lipinski definition) is 0. The van der Waals surface area contributed by atoms with Crippen molar-refractivity contribution in [2.75, 3.05) is 0 Å². The van der Waals surface area contributed by atoms with Gasteiger partial charge in [0.15, 0.2) is 0 Å². The van der Waals surface area contributed by atoms with E-state index in [4.69, 9.17) is 0 Å². The molecule has 0 radical (unpaired) electrons. The predicted molar refractivity (Wildman–Crippen MR) is 70.2 cm³/mol. The second-order valence-corrected chi connectivity index (χ2v) is 4.94. The molecule has 2 aromatic rings. The van der Waals surface area contributed by atoms with Crippen molar-refractivity contribution in [1.29, 1.82) is 0 Å². The first-order valence-electron chi connectivity index (χ1n) is 6.33. The topological polar surface area (TPSA) is 17.1 Å². The lowest BCUT2D eigenvalue weighted by atomic mass is 9.83. The van der Waals surface area contributed by atoms with Crippen molar-refractivity contribution in [2.24, 2.45) is 0 Å². The van der Waals surface area contributed by atoms with Gasteiger partial charge in [0.25, 0.3) is 0 Å². The molecule has 1 aliphatic rings. The first-order valence-corrected chi connectivity index (χ1v) is 6.33. The molecule has 1 atom stereocenters. The van der Waals surface area contributed by atoms with Gasteiger partial charge < -0.3 is 0 Å². The Morgan fingerprint density at radius 1 is 1.00 bits per heavy atom. The van der Waals surface area contributed by atoms with Crippen LogP contribution in [0, 0.1) is 0 Å². The van der Waals surface area contributed by atoms with Gasteiger partial charge in [-0.2, -0.15) is 0 Å². The summed E-state index contributed by atoms with van der Waals surface area (Å²) < 4.78 is 0. The Morgan fingerprint density at radius 2 is 1.82 bits per heavy atom. The number of rotatable bonds is 1. The van der Waals surface area contributed by atoms with E-state index >= 15 is 0 Å². The van der Waals surface area contributed by atoms with Crippen molar-refractivity contribution < 1.29 is 4.79 Å². The molecule has 0 unspecified atom stereocenters. The van der Waals surface area contributed by atoms with Crippen LogP contribution in [-0.4, -0.2) is 5.78 Å². The number of benzene rings is 2. The molecule has 0 saturated heterocycles. The van der Waals surface area contributed by atoms with Gasteiger partial charge in [-0.3, -0.25) is 4.79 Å². The van der Waals surface area contributed by atoms with Crippen LogP contribution in [0.3, 0.4) is 0 Å². The number of fused-ring (bicyclic) bond motifs is 1. The molecule has 0 aromatic heterocycles. The average Bonchev–Trinajstić information content (AvgIpc) is 2.38. The van der Waals surface area contributed by atoms with Gasteiger partial charge in [0.1, 0.15) is 5.78 Å². The number of ketones is 1. The molecule has 2 aromatic carbocycles. The van der Waals surface area contributed by atoms with Crippen LogP contribution < -0.4 is 0 Å². The zero-order valence-electron chi connectivity index (χ0n) is 9.86. The lowest BCUT2D eigenvalue weighted by Crippen LogP contribution is -2.13. The first-order chi connectivity index (χ1) is 8.33. The van der Waals surface area contributed by atoms with Crippen LogP contribution in [-0.2, 0) is 4.79 Å². The number of carbonyl (C=O) groups is 1. The molecular formula is C16H16O. The summed E-state index contributed by atoms with van der Waals surface area (Å²) in [7, 11) is 0. The summed E-state index contributed by atoms with van der Waals surface area (Å²) in [6.07, 6.45) is 3.73. The van der Waals surface area contributed by atoms with E-state index in [2.05, 4.69) is 42.5 Å². The predicted octanol–water partition coefficient (Wildman–Crippen LogP) is 4.07. The molecule has 17 heavy (non-hydrogen) atoms. The van der Waals surface area contributed by atoms with Crippen LogP contribution in [0.2, 0.25) is 0 Å². The average molecular weight is 224 g/mol. The third-order valence-corrected chi connectivity index (χ3v) is 3.73. The van der Waals surface area contributed by atoms with Crippen molar-refractivity contribution in [3.8, 4) is 0 Å². The van der Waals surface area contributed by atoms with E-state index in [9.17, 15) is 4.79 Å². The van der Waals surface area contributed by atoms with Gasteiger partial charge in [0.05, 0.1) is 0 Å². The SMILES string of the molecule is O=C1CCC[C@H](c2ccc3ccccc3c2)C1. The maximum Gasteiger partial charge on any atom is 0.133 e. The molecule has 1 aliphatic carbocycles. The highest BCUT2D eigenvalue weighted by atomic mass is 16.1. The Balaban J connectivity index is 1.97. The van der Waals surface area contributed by atoms with E-state index in [-0.39, 0.29) is 0 Å². The van der Waals surface area contributed by atoms with E-state index in [1.807, 2.05) is 0 Å². The molecule has 1 fully saturated rings. The molecule has 0 bridgehead atoms. The lowest BCUT2D eigenvalue weighted by molar-refractivity contribution is -0.120. The Kier molecular flexibility index (Phi) is 2.68. The summed E-state index contributed by atoms with van der Waals surface area (Å²) in [6, 6.07) is 15.0. The van der Waals surface area contributed by atoms with Crippen LogP contribution in [0.15, 0.2) is 42.5 Å². The fourth-order valence-corrected chi connectivity index (χ4v) is 2.77. The summed E-state index contributed by atoms with van der Waals surface area (Å²) in [6.45, 7) is 0. The summed E-state index contributed by atoms with van der Waals surface area (Å²) in [5, 5.41) is 2.56. The van der Waals surface area contributed by atoms with Crippen molar-refractivity contribution in [2.45, 2.75) is 31.6 Å². The molecule has 1 heteroatoms. The minimum absolute atomic E-state index is 0.425. The van der Waals surface area contributed by atoms with E-state index in [1.54, 1.807) is 0 Å². The Hall–Kier alpha value is -1.63. The van der Waals surface area contributed by atoms with Crippen LogP contribution >= 0.6 is 0 Å². The van der Waals surface area contributed by atoms with Crippen molar-refractivity contribution in [3.05, 3.63) is 48.0 Å². The highest BCUT2D eigenvalue weighted by molar-refractivity contribution is 5.84. The zero-order chi connectivity index (χ0) is 11.7. The Labute approximate surface area is 101 Å². The molecule has 1 nitrogen and oxygen atoms in total. The Bertz CT molecular complexity index is 556. The fraction of sp³-hybridized carbons (Fsp3) is 0.312. The van der Waals surface area contributed by atoms with Crippen LogP contribution in [0.4, 0.5) is 0 Å². The van der Waals surface area contributed by atoms with Crippen LogP contribution in [0.5, 0.6) is 0 Å². The molecule has 0 heterocycles. The van der Waals surface area contributed by atoms with E-state index in [0.717, 1.165) is 25.7 Å². The molecule has 0 N–H and O–H groups in total. The monoisotopic (exact) mass is 224 g/mol. The van der Waals surface area contributed by atoms with Gasteiger partial charge in [-0.1, -0.05) is 42.5 Å². The molecule has 0 aliphatic heterocycles. The third-order valence-electron chi connectivity index (χ3n) is 3.73. The smallest absolute Gasteiger partial charge is 0.133 e. The maximum atomic E-state index is 11.5. The van der Waals surface area contributed by atoms with Gasteiger partial charge in [0.2, 0.25) is 0 Å². The number of Topliss-reactive ketones (excluding diaryl/α,β-unsaturated/α-hetero) is 1. The zero-order valence-corrected chi connectivity index (χ0v) is 9.86. The van der Waals surface area contributed by atoms with Gasteiger partial charge in [-0.25, -0.2) is 0 Å². The van der Waals surface area contributed by atoms with Crippen molar-refractivity contribution >= 4 is 16.6 Å².